The van der Waals surface area contributed by atoms with E-state index in [1.165, 1.54) is 4.90 Å². The summed E-state index contributed by atoms with van der Waals surface area (Å²) in [5.41, 5.74) is 6.35. The average molecular weight is 312 g/mol. The molecule has 1 aromatic rings. The van der Waals surface area contributed by atoms with Crippen LogP contribution in [0, 0.1) is 0 Å². The molecule has 1 fully saturated rings. The van der Waals surface area contributed by atoms with Gasteiger partial charge in [0, 0.05) is 11.7 Å². The quantitative estimate of drug-likeness (QED) is 0.642. The van der Waals surface area contributed by atoms with Crippen molar-refractivity contribution in [1.29, 1.82) is 0 Å². The van der Waals surface area contributed by atoms with Gasteiger partial charge in [-0.2, -0.15) is 0 Å². The second-order valence-electron chi connectivity index (χ2n) is 5.01. The molecule has 3 N–H and O–H groups in total. The summed E-state index contributed by atoms with van der Waals surface area (Å²) in [7, 11) is 0. The summed E-state index contributed by atoms with van der Waals surface area (Å²) < 4.78 is 0. The lowest BCUT2D eigenvalue weighted by molar-refractivity contribution is -0.140. The van der Waals surface area contributed by atoms with E-state index in [-0.39, 0.29) is 36.7 Å². The Balaban J connectivity index is 0.00000220. The number of para-hydroxylation sites is 1. The Morgan fingerprint density at radius 1 is 1.33 bits per heavy atom. The summed E-state index contributed by atoms with van der Waals surface area (Å²) in [6.07, 6.45) is -0.00447. The minimum absolute atomic E-state index is 0. The van der Waals surface area contributed by atoms with Crippen molar-refractivity contribution < 1.29 is 14.4 Å². The van der Waals surface area contributed by atoms with Crippen molar-refractivity contribution >= 4 is 35.8 Å². The molecule has 0 bridgehead atoms. The molecule has 3 amide bonds. The van der Waals surface area contributed by atoms with Crippen LogP contribution in [0.5, 0.6) is 0 Å². The molecular formula is C14H18ClN3O3. The highest BCUT2D eigenvalue weighted by Crippen LogP contribution is 2.17. The number of halogens is 1. The van der Waals surface area contributed by atoms with Gasteiger partial charge in [-0.1, -0.05) is 12.1 Å². The first kappa shape index (κ1) is 17.0. The van der Waals surface area contributed by atoms with Crippen molar-refractivity contribution in [2.45, 2.75) is 32.4 Å². The van der Waals surface area contributed by atoms with Gasteiger partial charge in [-0.05, 0) is 26.0 Å². The lowest BCUT2D eigenvalue weighted by atomic mass is 10.1. The second kappa shape index (κ2) is 6.58. The lowest BCUT2D eigenvalue weighted by Gasteiger charge is -2.19. The van der Waals surface area contributed by atoms with Gasteiger partial charge in [0.1, 0.15) is 6.04 Å². The van der Waals surface area contributed by atoms with Gasteiger partial charge in [-0.15, -0.1) is 12.4 Å². The van der Waals surface area contributed by atoms with Crippen LogP contribution in [0.25, 0.3) is 0 Å². The van der Waals surface area contributed by atoms with Crippen LogP contribution in [0.4, 0.5) is 5.69 Å². The molecule has 0 aliphatic carbocycles. The molecule has 0 spiro atoms. The largest absolute Gasteiger partial charge is 0.398 e. The summed E-state index contributed by atoms with van der Waals surface area (Å²) in [5.74, 6) is -1.08. The third-order valence-corrected chi connectivity index (χ3v) is 3.21. The van der Waals surface area contributed by atoms with Gasteiger partial charge in [0.15, 0.2) is 0 Å². The number of nitrogens with two attached hydrogens (primary N) is 1. The standard InChI is InChI=1S/C14H17N3O3.ClH/c1-8(2)17-12(18)7-11(14(17)20)16-13(19)9-5-3-4-6-10(9)15;/h3-6,8,11H,7,15H2,1-2H3,(H,16,19);1H. The Morgan fingerprint density at radius 3 is 2.48 bits per heavy atom. The zero-order valence-corrected chi connectivity index (χ0v) is 12.6. The summed E-state index contributed by atoms with van der Waals surface area (Å²) >= 11 is 0. The molecular weight excluding hydrogens is 294 g/mol. The van der Waals surface area contributed by atoms with Crippen LogP contribution in [0.1, 0.15) is 30.6 Å². The molecule has 1 aromatic carbocycles. The number of anilines is 1. The summed E-state index contributed by atoms with van der Waals surface area (Å²) in [5, 5.41) is 2.57. The second-order valence-corrected chi connectivity index (χ2v) is 5.01. The predicted molar refractivity (Wildman–Crippen MR) is 81.0 cm³/mol. The summed E-state index contributed by atoms with van der Waals surface area (Å²) in [4.78, 5) is 37.1. The van der Waals surface area contributed by atoms with Gasteiger partial charge in [0.25, 0.3) is 11.8 Å². The molecule has 1 unspecified atom stereocenters. The molecule has 2 rings (SSSR count). The van der Waals surface area contributed by atoms with Gasteiger partial charge in [-0.3, -0.25) is 19.3 Å². The molecule has 1 aliphatic rings. The Labute approximate surface area is 129 Å². The molecule has 0 aromatic heterocycles. The number of nitrogens with one attached hydrogen (secondary N) is 1. The molecule has 1 aliphatic heterocycles. The van der Waals surface area contributed by atoms with E-state index in [0.717, 1.165) is 0 Å². The normalized spacial score (nSPS) is 17.9. The molecule has 1 heterocycles. The Kier molecular flexibility index (Phi) is 5.32. The first-order valence-corrected chi connectivity index (χ1v) is 6.43. The monoisotopic (exact) mass is 311 g/mol. The van der Waals surface area contributed by atoms with Crippen molar-refractivity contribution in [3.63, 3.8) is 0 Å². The van der Waals surface area contributed by atoms with E-state index in [4.69, 9.17) is 5.73 Å². The molecule has 1 atom stereocenters. The third kappa shape index (κ3) is 3.33. The van der Waals surface area contributed by atoms with Crippen molar-refractivity contribution in [2.24, 2.45) is 0 Å². The van der Waals surface area contributed by atoms with Crippen molar-refractivity contribution in [2.75, 3.05) is 5.73 Å². The maximum Gasteiger partial charge on any atom is 0.254 e. The van der Waals surface area contributed by atoms with Crippen LogP contribution < -0.4 is 11.1 Å². The number of amides is 3. The van der Waals surface area contributed by atoms with Crippen LogP contribution in [-0.4, -0.2) is 34.7 Å². The van der Waals surface area contributed by atoms with Gasteiger partial charge < -0.3 is 11.1 Å². The van der Waals surface area contributed by atoms with Gasteiger partial charge in [-0.25, -0.2) is 0 Å². The number of carbonyl (C=O) groups is 3. The Bertz CT molecular complexity index is 574. The molecule has 0 saturated carbocycles. The van der Waals surface area contributed by atoms with E-state index >= 15 is 0 Å². The van der Waals surface area contributed by atoms with Crippen molar-refractivity contribution in [1.82, 2.24) is 10.2 Å². The highest BCUT2D eigenvalue weighted by Gasteiger charge is 2.40. The fourth-order valence-electron chi connectivity index (χ4n) is 2.25. The summed E-state index contributed by atoms with van der Waals surface area (Å²) in [6.45, 7) is 3.52. The minimum atomic E-state index is -0.808. The fourth-order valence-corrected chi connectivity index (χ4v) is 2.25. The van der Waals surface area contributed by atoms with Crippen LogP contribution in [0.2, 0.25) is 0 Å². The molecule has 7 heteroatoms. The molecule has 6 nitrogen and oxygen atoms in total. The van der Waals surface area contributed by atoms with Crippen LogP contribution in [0.3, 0.4) is 0 Å². The van der Waals surface area contributed by atoms with E-state index in [1.54, 1.807) is 38.1 Å². The number of rotatable bonds is 3. The van der Waals surface area contributed by atoms with E-state index < -0.39 is 11.9 Å². The molecule has 1 saturated heterocycles. The smallest absolute Gasteiger partial charge is 0.254 e. The van der Waals surface area contributed by atoms with Crippen LogP contribution in [-0.2, 0) is 9.59 Å². The number of imide groups is 1. The number of nitrogen functional groups attached to an aromatic ring is 1. The highest BCUT2D eigenvalue weighted by atomic mass is 35.5. The third-order valence-electron chi connectivity index (χ3n) is 3.21. The molecule has 21 heavy (non-hydrogen) atoms. The first-order chi connectivity index (χ1) is 9.41. The predicted octanol–water partition coefficient (Wildman–Crippen LogP) is 0.956. The number of carbonyl (C=O) groups excluding carboxylic acids is 3. The topological polar surface area (TPSA) is 92.5 Å². The molecule has 0 radical (unpaired) electrons. The van der Waals surface area contributed by atoms with Gasteiger partial charge >= 0.3 is 0 Å². The van der Waals surface area contributed by atoms with E-state index in [9.17, 15) is 14.4 Å². The zero-order chi connectivity index (χ0) is 14.9. The van der Waals surface area contributed by atoms with E-state index in [2.05, 4.69) is 5.32 Å². The minimum Gasteiger partial charge on any atom is -0.398 e. The number of hydrogen-bond acceptors (Lipinski definition) is 4. The Hall–Kier alpha value is -2.08. The lowest BCUT2D eigenvalue weighted by Crippen LogP contribution is -2.43. The van der Waals surface area contributed by atoms with Gasteiger partial charge in [0.2, 0.25) is 5.91 Å². The maximum absolute atomic E-state index is 12.1. The maximum atomic E-state index is 12.1. The first-order valence-electron chi connectivity index (χ1n) is 6.43. The Morgan fingerprint density at radius 2 is 1.95 bits per heavy atom. The highest BCUT2D eigenvalue weighted by molar-refractivity contribution is 6.09. The van der Waals surface area contributed by atoms with Crippen molar-refractivity contribution in [3.8, 4) is 0 Å². The molecule has 114 valence electrons. The summed E-state index contributed by atoms with van der Waals surface area (Å²) in [6, 6.07) is 5.57. The van der Waals surface area contributed by atoms with Crippen molar-refractivity contribution in [3.05, 3.63) is 29.8 Å². The number of benzene rings is 1. The number of nitrogens with zero attached hydrogens (tertiary/aromatic N) is 1. The van der Waals surface area contributed by atoms with Gasteiger partial charge in [0.05, 0.1) is 12.0 Å². The number of likely N-dealkylation sites (tertiary alicyclic amines) is 1. The zero-order valence-electron chi connectivity index (χ0n) is 11.8. The van der Waals surface area contributed by atoms with Crippen LogP contribution in [0.15, 0.2) is 24.3 Å². The van der Waals surface area contributed by atoms with E-state index in [0.29, 0.717) is 11.3 Å². The SMILES string of the molecule is CC(C)N1C(=O)CC(NC(=O)c2ccccc2N)C1=O.Cl. The van der Waals surface area contributed by atoms with Crippen LogP contribution >= 0.6 is 12.4 Å². The average Bonchev–Trinajstić information content (AvgIpc) is 2.64. The number of hydrogen-bond donors (Lipinski definition) is 2. The fraction of sp³-hybridized carbons (Fsp3) is 0.357. The van der Waals surface area contributed by atoms with E-state index in [1.807, 2.05) is 0 Å².